The predicted molar refractivity (Wildman–Crippen MR) is 89.6 cm³/mol. The number of amides is 1. The van der Waals surface area contributed by atoms with E-state index >= 15 is 0 Å². The average molecular weight is 349 g/mol. The maximum absolute atomic E-state index is 13.4. The van der Waals surface area contributed by atoms with E-state index in [0.717, 1.165) is 12.8 Å². The van der Waals surface area contributed by atoms with Crippen molar-refractivity contribution in [1.82, 2.24) is 4.90 Å². The van der Waals surface area contributed by atoms with Crippen LogP contribution >= 0.6 is 0 Å². The van der Waals surface area contributed by atoms with Crippen LogP contribution in [0.3, 0.4) is 0 Å². The fourth-order valence-corrected chi connectivity index (χ4v) is 3.98. The molecule has 2 aliphatic rings. The Labute approximate surface area is 146 Å². The largest absolute Gasteiger partial charge is 0.481 e. The second-order valence-electron chi connectivity index (χ2n) is 7.01. The molecule has 0 bridgehead atoms. The molecule has 1 aromatic rings. The Morgan fingerprint density at radius 3 is 2.64 bits per heavy atom. The van der Waals surface area contributed by atoms with E-state index < -0.39 is 11.9 Å². The van der Waals surface area contributed by atoms with Gasteiger partial charge in [-0.25, -0.2) is 4.39 Å². The summed E-state index contributed by atoms with van der Waals surface area (Å²) in [7, 11) is 0. The Balaban J connectivity index is 1.58. The van der Waals surface area contributed by atoms with Crippen LogP contribution in [0.5, 0.6) is 0 Å². The van der Waals surface area contributed by atoms with Crippen molar-refractivity contribution in [2.75, 3.05) is 19.7 Å². The van der Waals surface area contributed by atoms with Crippen molar-refractivity contribution in [2.45, 2.75) is 38.2 Å². The topological polar surface area (TPSA) is 66.8 Å². The summed E-state index contributed by atoms with van der Waals surface area (Å²) in [5.41, 5.74) is 0.678. The molecule has 5 nitrogen and oxygen atoms in total. The molecular formula is C19H24FNO4. The Morgan fingerprint density at radius 1 is 1.28 bits per heavy atom. The van der Waals surface area contributed by atoms with Crippen LogP contribution in [0.4, 0.5) is 4.39 Å². The summed E-state index contributed by atoms with van der Waals surface area (Å²) in [5.74, 6) is -1.78. The molecule has 0 radical (unpaired) electrons. The number of carboxylic acids is 1. The molecule has 2 saturated heterocycles. The third-order valence-electron chi connectivity index (χ3n) is 5.49. The van der Waals surface area contributed by atoms with Crippen molar-refractivity contribution >= 4 is 11.9 Å². The van der Waals surface area contributed by atoms with Crippen molar-refractivity contribution in [3.8, 4) is 0 Å². The first-order chi connectivity index (χ1) is 12.0. The van der Waals surface area contributed by atoms with Gasteiger partial charge in [-0.3, -0.25) is 9.59 Å². The third kappa shape index (κ3) is 3.84. The van der Waals surface area contributed by atoms with Gasteiger partial charge in [-0.1, -0.05) is 12.1 Å². The number of ether oxygens (including phenoxy) is 1. The molecule has 1 aromatic carbocycles. The smallest absolute Gasteiger partial charge is 0.309 e. The quantitative estimate of drug-likeness (QED) is 0.907. The second-order valence-corrected chi connectivity index (χ2v) is 7.01. The highest BCUT2D eigenvalue weighted by molar-refractivity contribution is 5.83. The van der Waals surface area contributed by atoms with E-state index in [9.17, 15) is 19.1 Å². The van der Waals surface area contributed by atoms with Gasteiger partial charge >= 0.3 is 5.97 Å². The highest BCUT2D eigenvalue weighted by atomic mass is 19.1. The van der Waals surface area contributed by atoms with Crippen molar-refractivity contribution in [3.63, 3.8) is 0 Å². The number of aliphatic carboxylic acids is 1. The van der Waals surface area contributed by atoms with Gasteiger partial charge in [0.05, 0.1) is 17.9 Å². The molecule has 2 heterocycles. The maximum Gasteiger partial charge on any atom is 0.309 e. The number of carbonyl (C=O) groups is 2. The number of hydrogen-bond acceptors (Lipinski definition) is 3. The number of carboxylic acid groups (broad SMARTS) is 1. The van der Waals surface area contributed by atoms with E-state index in [2.05, 4.69) is 0 Å². The lowest BCUT2D eigenvalue weighted by Crippen LogP contribution is -2.44. The number of benzene rings is 1. The molecule has 136 valence electrons. The summed E-state index contributed by atoms with van der Waals surface area (Å²) in [6, 6.07) is 6.15. The van der Waals surface area contributed by atoms with Gasteiger partial charge in [0.15, 0.2) is 0 Å². The standard InChI is InChI=1S/C19H24FNO4/c1-12(14-3-2-4-15(20)11-14)18(22)21-8-5-13(6-9-21)17-16(19(23)24)7-10-25-17/h2-4,11-13,16-17H,5-10H2,1H3,(H,23,24)/t12-,16-,17+/m1/s1. The van der Waals surface area contributed by atoms with Crippen LogP contribution in [-0.4, -0.2) is 47.7 Å². The second kappa shape index (κ2) is 7.52. The normalized spacial score (nSPS) is 25.8. The average Bonchev–Trinajstić information content (AvgIpc) is 3.10. The van der Waals surface area contributed by atoms with Crippen LogP contribution in [0, 0.1) is 17.7 Å². The van der Waals surface area contributed by atoms with Crippen LogP contribution in [-0.2, 0) is 14.3 Å². The molecule has 0 saturated carbocycles. The molecule has 0 aliphatic carbocycles. The van der Waals surface area contributed by atoms with Gasteiger partial charge in [0.2, 0.25) is 5.91 Å². The van der Waals surface area contributed by atoms with Crippen LogP contribution in [0.2, 0.25) is 0 Å². The van der Waals surface area contributed by atoms with Gasteiger partial charge in [0, 0.05) is 19.7 Å². The zero-order valence-electron chi connectivity index (χ0n) is 14.4. The van der Waals surface area contributed by atoms with Gasteiger partial charge in [-0.05, 0) is 49.8 Å². The minimum Gasteiger partial charge on any atom is -0.481 e. The number of nitrogens with zero attached hydrogens (tertiary/aromatic N) is 1. The molecule has 1 N–H and O–H groups in total. The molecule has 1 amide bonds. The summed E-state index contributed by atoms with van der Waals surface area (Å²) in [5, 5.41) is 9.30. The van der Waals surface area contributed by atoms with E-state index in [-0.39, 0.29) is 29.7 Å². The fraction of sp³-hybridized carbons (Fsp3) is 0.579. The van der Waals surface area contributed by atoms with Crippen LogP contribution < -0.4 is 0 Å². The van der Waals surface area contributed by atoms with Gasteiger partial charge in [0.25, 0.3) is 0 Å². The first-order valence-electron chi connectivity index (χ1n) is 8.86. The predicted octanol–water partition coefficient (Wildman–Crippen LogP) is 2.66. The van der Waals surface area contributed by atoms with Crippen LogP contribution in [0.15, 0.2) is 24.3 Å². The summed E-state index contributed by atoms with van der Waals surface area (Å²) in [6.45, 7) is 3.48. The highest BCUT2D eigenvalue weighted by Gasteiger charge is 2.41. The lowest BCUT2D eigenvalue weighted by atomic mass is 9.84. The van der Waals surface area contributed by atoms with E-state index in [1.165, 1.54) is 12.1 Å². The molecule has 2 fully saturated rings. The van der Waals surface area contributed by atoms with Gasteiger partial charge in [0.1, 0.15) is 5.82 Å². The van der Waals surface area contributed by atoms with Crippen LogP contribution in [0.25, 0.3) is 0 Å². The van der Waals surface area contributed by atoms with Crippen molar-refractivity contribution < 1.29 is 23.8 Å². The minimum absolute atomic E-state index is 0.00817. The van der Waals surface area contributed by atoms with E-state index in [1.54, 1.807) is 24.0 Å². The fourth-order valence-electron chi connectivity index (χ4n) is 3.98. The molecule has 6 heteroatoms. The Kier molecular flexibility index (Phi) is 5.37. The maximum atomic E-state index is 13.4. The van der Waals surface area contributed by atoms with Gasteiger partial charge in [-0.15, -0.1) is 0 Å². The Bertz CT molecular complexity index is 642. The number of likely N-dealkylation sites (tertiary alicyclic amines) is 1. The highest BCUT2D eigenvalue weighted by Crippen LogP contribution is 2.34. The van der Waals surface area contributed by atoms with Gasteiger partial charge < -0.3 is 14.7 Å². The Morgan fingerprint density at radius 2 is 2.00 bits per heavy atom. The molecule has 0 unspecified atom stereocenters. The molecule has 0 spiro atoms. The number of hydrogen-bond donors (Lipinski definition) is 1. The van der Waals surface area contributed by atoms with E-state index in [0.29, 0.717) is 31.7 Å². The zero-order valence-corrected chi connectivity index (χ0v) is 14.4. The number of halogens is 1. The van der Waals surface area contributed by atoms with Crippen molar-refractivity contribution in [2.24, 2.45) is 11.8 Å². The number of rotatable bonds is 4. The van der Waals surface area contributed by atoms with E-state index in [1.807, 2.05) is 0 Å². The number of carbonyl (C=O) groups excluding carboxylic acids is 1. The first-order valence-corrected chi connectivity index (χ1v) is 8.86. The van der Waals surface area contributed by atoms with Gasteiger partial charge in [-0.2, -0.15) is 0 Å². The third-order valence-corrected chi connectivity index (χ3v) is 5.49. The van der Waals surface area contributed by atoms with Crippen molar-refractivity contribution in [1.29, 1.82) is 0 Å². The summed E-state index contributed by atoms with van der Waals surface area (Å²) >= 11 is 0. The van der Waals surface area contributed by atoms with E-state index in [4.69, 9.17) is 4.74 Å². The van der Waals surface area contributed by atoms with Crippen LogP contribution in [0.1, 0.15) is 37.7 Å². The summed E-state index contributed by atoms with van der Waals surface area (Å²) < 4.78 is 19.0. The zero-order chi connectivity index (χ0) is 18.0. The number of piperidine rings is 1. The molecular weight excluding hydrogens is 325 g/mol. The van der Waals surface area contributed by atoms with Crippen molar-refractivity contribution in [3.05, 3.63) is 35.6 Å². The lowest BCUT2D eigenvalue weighted by molar-refractivity contribution is -0.146. The summed E-state index contributed by atoms with van der Waals surface area (Å²) in [6.07, 6.45) is 1.82. The molecule has 2 aliphatic heterocycles. The SMILES string of the molecule is C[C@@H](C(=O)N1CCC([C@@H]2OCC[C@H]2C(=O)O)CC1)c1cccc(F)c1. The molecule has 25 heavy (non-hydrogen) atoms. The molecule has 0 aromatic heterocycles. The molecule has 3 atom stereocenters. The monoisotopic (exact) mass is 349 g/mol. The molecule has 3 rings (SSSR count). The minimum atomic E-state index is -0.791. The summed E-state index contributed by atoms with van der Waals surface area (Å²) in [4.78, 5) is 25.8. The Hall–Kier alpha value is -1.95. The first kappa shape index (κ1) is 17.9. The lowest BCUT2D eigenvalue weighted by Gasteiger charge is -2.36.